The molecule has 0 radical (unpaired) electrons. The standard InChI is InChI=1S/C17H8F3NO3Se/c18-17(19,20)24-8-5-6-11-10(7-8)13(16(23)21-11)15-14(22)9-3-1-2-4-12(9)25-15/h1-7,22H. The molecule has 25 heavy (non-hydrogen) atoms. The Balaban J connectivity index is 1.98. The van der Waals surface area contributed by atoms with Gasteiger partial charge in [-0.15, -0.1) is 0 Å². The van der Waals surface area contributed by atoms with E-state index in [1.165, 1.54) is 6.07 Å². The van der Waals surface area contributed by atoms with Crippen LogP contribution in [0.2, 0.25) is 0 Å². The number of amides is 1. The molecule has 0 atom stereocenters. The van der Waals surface area contributed by atoms with Gasteiger partial charge in [-0.05, 0) is 0 Å². The predicted octanol–water partition coefficient (Wildman–Crippen LogP) is 1.86. The first kappa shape index (κ1) is 15.9. The van der Waals surface area contributed by atoms with Gasteiger partial charge in [0.25, 0.3) is 0 Å². The molecule has 126 valence electrons. The molecule has 0 bridgehead atoms. The summed E-state index contributed by atoms with van der Waals surface area (Å²) in [6.45, 7) is 0. The van der Waals surface area contributed by atoms with Crippen molar-refractivity contribution < 1.29 is 27.8 Å². The molecule has 1 aliphatic heterocycles. The van der Waals surface area contributed by atoms with Gasteiger partial charge >= 0.3 is 144 Å². The quantitative estimate of drug-likeness (QED) is 0.657. The van der Waals surface area contributed by atoms with Gasteiger partial charge < -0.3 is 0 Å². The third-order valence-electron chi connectivity index (χ3n) is 3.70. The second-order valence-electron chi connectivity index (χ2n) is 5.29. The number of fused-ring (bicyclic) bond motifs is 2. The molecule has 4 nitrogen and oxygen atoms in total. The first-order chi connectivity index (χ1) is 11.8. The van der Waals surface area contributed by atoms with Gasteiger partial charge in [-0.2, -0.15) is 0 Å². The number of carbonyl (C=O) groups is 1. The van der Waals surface area contributed by atoms with E-state index in [4.69, 9.17) is 0 Å². The average Bonchev–Trinajstić information content (AvgIpc) is 3.02. The number of benzene rings is 2. The van der Waals surface area contributed by atoms with Crippen LogP contribution in [0.15, 0.2) is 47.5 Å². The molecule has 0 fully saturated rings. The van der Waals surface area contributed by atoms with Gasteiger partial charge in [-0.3, -0.25) is 0 Å². The zero-order valence-electron chi connectivity index (χ0n) is 12.3. The van der Waals surface area contributed by atoms with E-state index in [2.05, 4.69) is 9.73 Å². The molecule has 2 heterocycles. The number of alkyl halides is 3. The average molecular weight is 410 g/mol. The van der Waals surface area contributed by atoms with E-state index < -0.39 is 18.0 Å². The van der Waals surface area contributed by atoms with Crippen molar-refractivity contribution in [1.82, 2.24) is 0 Å². The van der Waals surface area contributed by atoms with Gasteiger partial charge in [0.05, 0.1) is 0 Å². The number of aromatic hydroxyl groups is 1. The summed E-state index contributed by atoms with van der Waals surface area (Å²) in [6.07, 6.45) is -4.83. The summed E-state index contributed by atoms with van der Waals surface area (Å²) in [4.78, 5) is 16.2. The van der Waals surface area contributed by atoms with Crippen molar-refractivity contribution in [2.45, 2.75) is 6.36 Å². The zero-order chi connectivity index (χ0) is 17.8. The number of hydrogen-bond donors (Lipinski definition) is 1. The van der Waals surface area contributed by atoms with Crippen LogP contribution >= 0.6 is 0 Å². The third-order valence-corrected chi connectivity index (χ3v) is 6.17. The molecule has 1 amide bonds. The van der Waals surface area contributed by atoms with Crippen molar-refractivity contribution in [2.75, 3.05) is 0 Å². The van der Waals surface area contributed by atoms with Crippen molar-refractivity contribution >= 4 is 35.6 Å². The zero-order valence-corrected chi connectivity index (χ0v) is 14.0. The van der Waals surface area contributed by atoms with Crippen LogP contribution in [0, 0.1) is 0 Å². The van der Waals surface area contributed by atoms with Gasteiger partial charge in [0.1, 0.15) is 0 Å². The molecule has 0 aliphatic carbocycles. The maximum atomic E-state index is 12.4. The molecule has 2 aromatic carbocycles. The normalized spacial score (nSPS) is 13.9. The van der Waals surface area contributed by atoms with Crippen LogP contribution < -0.4 is 15.3 Å². The van der Waals surface area contributed by atoms with Crippen LogP contribution in [0.1, 0.15) is 4.44 Å². The fourth-order valence-corrected chi connectivity index (χ4v) is 5.12. The Morgan fingerprint density at radius 2 is 1.88 bits per heavy atom. The molecule has 4 rings (SSSR count). The van der Waals surface area contributed by atoms with Gasteiger partial charge in [0.15, 0.2) is 0 Å². The fourth-order valence-electron chi connectivity index (χ4n) is 2.71. The predicted molar refractivity (Wildman–Crippen MR) is 84.0 cm³/mol. The fraction of sp³-hybridized carbons (Fsp3) is 0.0588. The van der Waals surface area contributed by atoms with Gasteiger partial charge in [0.2, 0.25) is 0 Å². The first-order valence-corrected chi connectivity index (χ1v) is 8.79. The van der Waals surface area contributed by atoms with Crippen molar-refractivity contribution in [1.29, 1.82) is 0 Å². The second kappa shape index (κ2) is 5.47. The molecule has 3 aromatic rings. The minimum absolute atomic E-state index is 0.0239. The third kappa shape index (κ3) is 2.73. The monoisotopic (exact) mass is 411 g/mol. The van der Waals surface area contributed by atoms with Crippen LogP contribution in [0.25, 0.3) is 15.2 Å². The van der Waals surface area contributed by atoms with E-state index in [9.17, 15) is 23.1 Å². The van der Waals surface area contributed by atoms with E-state index >= 15 is 0 Å². The van der Waals surface area contributed by atoms with Crippen molar-refractivity contribution in [3.8, 4) is 11.5 Å². The Labute approximate surface area is 144 Å². The molecule has 0 saturated carbocycles. The summed E-state index contributed by atoms with van der Waals surface area (Å²) in [6, 6.07) is 10.7. The molecule has 0 spiro atoms. The van der Waals surface area contributed by atoms with Gasteiger partial charge in [-0.25, -0.2) is 0 Å². The Kier molecular flexibility index (Phi) is 3.49. The van der Waals surface area contributed by atoms with Crippen LogP contribution in [0.3, 0.4) is 0 Å². The summed E-state index contributed by atoms with van der Waals surface area (Å²) in [5.41, 5.74) is 0.135. The number of rotatable bonds is 2. The molecule has 0 saturated heterocycles. The van der Waals surface area contributed by atoms with Crippen LogP contribution in [0.5, 0.6) is 11.5 Å². The Morgan fingerprint density at radius 1 is 1.12 bits per heavy atom. The summed E-state index contributed by atoms with van der Waals surface area (Å²) in [5.74, 6) is -1.03. The van der Waals surface area contributed by atoms with Crippen LogP contribution in [0.4, 0.5) is 13.2 Å². The molecule has 1 aromatic heterocycles. The number of nitrogens with zero attached hydrogens (tertiary/aromatic N) is 1. The molecular weight excluding hydrogens is 402 g/mol. The SMILES string of the molecule is O=C1N=c2ccc(OC(F)(F)F)cc2=C1c1[se]c2ccccc2c1O. The molecule has 1 N–H and O–H groups in total. The van der Waals surface area contributed by atoms with E-state index in [0.717, 1.165) is 16.4 Å². The summed E-state index contributed by atoms with van der Waals surface area (Å²) >= 11 is -0.344. The maximum absolute atomic E-state index is 12.4. The van der Waals surface area contributed by atoms with Crippen molar-refractivity contribution in [2.24, 2.45) is 4.99 Å². The van der Waals surface area contributed by atoms with E-state index in [-0.39, 0.29) is 36.4 Å². The summed E-state index contributed by atoms with van der Waals surface area (Å²) < 4.78 is 42.6. The Hall–Kier alpha value is -2.57. The Morgan fingerprint density at radius 3 is 2.60 bits per heavy atom. The first-order valence-electron chi connectivity index (χ1n) is 7.07. The topological polar surface area (TPSA) is 58.9 Å². The summed E-state index contributed by atoms with van der Waals surface area (Å²) in [5, 5.41) is 11.6. The second-order valence-corrected chi connectivity index (χ2v) is 7.50. The van der Waals surface area contributed by atoms with Crippen LogP contribution in [-0.2, 0) is 4.79 Å². The molecule has 0 unspecified atom stereocenters. The van der Waals surface area contributed by atoms with Crippen molar-refractivity contribution in [3.05, 3.63) is 57.5 Å². The Bertz CT molecular complexity index is 1150. The molecular formula is C17H8F3NO3Se. The molecule has 8 heteroatoms. The molecule has 1 aliphatic rings. The van der Waals surface area contributed by atoms with E-state index in [0.29, 0.717) is 9.82 Å². The minimum atomic E-state index is -4.83. The number of hydrogen-bond acceptors (Lipinski definition) is 3. The van der Waals surface area contributed by atoms with Gasteiger partial charge in [-0.1, -0.05) is 0 Å². The van der Waals surface area contributed by atoms with Crippen molar-refractivity contribution in [3.63, 3.8) is 0 Å². The van der Waals surface area contributed by atoms with E-state index in [1.54, 1.807) is 12.1 Å². The number of ether oxygens (including phenoxy) is 1. The van der Waals surface area contributed by atoms with E-state index in [1.807, 2.05) is 12.1 Å². The number of carbonyl (C=O) groups excluding carboxylic acids is 1. The van der Waals surface area contributed by atoms with Crippen LogP contribution in [-0.4, -0.2) is 31.9 Å². The number of halogens is 3. The van der Waals surface area contributed by atoms with Gasteiger partial charge in [0, 0.05) is 0 Å². The summed E-state index contributed by atoms with van der Waals surface area (Å²) in [7, 11) is 0.